The maximum atomic E-state index is 11.1. The number of methoxy groups -OCH3 is 1. The number of benzene rings is 1. The average molecular weight is 244 g/mol. The van der Waals surface area contributed by atoms with Crippen LogP contribution in [0.5, 0.6) is 0 Å². The van der Waals surface area contributed by atoms with E-state index in [1.54, 1.807) is 31.4 Å². The molecule has 0 aliphatic rings. The Kier molecular flexibility index (Phi) is 5.25. The first-order valence-corrected chi connectivity index (χ1v) is 5.23. The molecule has 88 valence electrons. The van der Waals surface area contributed by atoms with Crippen LogP contribution in [-0.4, -0.2) is 31.3 Å². The summed E-state index contributed by atoms with van der Waals surface area (Å²) in [7, 11) is 1.57. The molecule has 0 bridgehead atoms. The van der Waals surface area contributed by atoms with Crippen molar-refractivity contribution < 1.29 is 14.6 Å². The van der Waals surface area contributed by atoms with Crippen LogP contribution in [0, 0.1) is 0 Å². The van der Waals surface area contributed by atoms with Crippen LogP contribution in [0.3, 0.4) is 0 Å². The first kappa shape index (κ1) is 13.0. The Morgan fingerprint density at radius 2 is 2.38 bits per heavy atom. The van der Waals surface area contributed by atoms with Crippen LogP contribution in [0.4, 0.5) is 0 Å². The highest BCUT2D eigenvalue weighted by molar-refractivity contribution is 6.30. The second-order valence-electron chi connectivity index (χ2n) is 3.27. The summed E-state index contributed by atoms with van der Waals surface area (Å²) in [6, 6.07) is 6.05. The Labute approximate surface area is 99.2 Å². The monoisotopic (exact) mass is 243 g/mol. The molecule has 0 heterocycles. The van der Waals surface area contributed by atoms with Crippen molar-refractivity contribution >= 4 is 17.6 Å². The minimum atomic E-state index is -0.932. The topological polar surface area (TPSA) is 58.6 Å². The van der Waals surface area contributed by atoms with Crippen LogP contribution in [0.15, 0.2) is 24.3 Å². The lowest BCUT2D eigenvalue weighted by Crippen LogP contribution is -2.31. The van der Waals surface area contributed by atoms with Crippen molar-refractivity contribution in [1.82, 2.24) is 5.32 Å². The molecule has 0 radical (unpaired) electrons. The summed E-state index contributed by atoms with van der Waals surface area (Å²) < 4.78 is 4.85. The highest BCUT2D eigenvalue weighted by Crippen LogP contribution is 2.17. The van der Waals surface area contributed by atoms with Gasteiger partial charge in [0.25, 0.3) is 0 Å². The largest absolute Gasteiger partial charge is 0.480 e. The quantitative estimate of drug-likeness (QED) is 0.747. The fourth-order valence-electron chi connectivity index (χ4n) is 1.34. The molecule has 1 aromatic rings. The number of carboxylic acids is 1. The van der Waals surface area contributed by atoms with Gasteiger partial charge in [-0.1, -0.05) is 23.7 Å². The van der Waals surface area contributed by atoms with Crippen LogP contribution in [-0.2, 0) is 9.53 Å². The van der Waals surface area contributed by atoms with Crippen molar-refractivity contribution in [3.8, 4) is 0 Å². The molecular weight excluding hydrogens is 230 g/mol. The van der Waals surface area contributed by atoms with Crippen LogP contribution in [0.2, 0.25) is 5.02 Å². The maximum absolute atomic E-state index is 11.1. The summed E-state index contributed by atoms with van der Waals surface area (Å²) in [6.45, 7) is 0.935. The molecule has 0 amide bonds. The van der Waals surface area contributed by atoms with Gasteiger partial charge in [0.05, 0.1) is 6.61 Å². The van der Waals surface area contributed by atoms with E-state index in [2.05, 4.69) is 5.32 Å². The van der Waals surface area contributed by atoms with Crippen molar-refractivity contribution in [2.24, 2.45) is 0 Å². The van der Waals surface area contributed by atoms with E-state index in [0.29, 0.717) is 23.7 Å². The molecule has 1 rings (SSSR count). The molecule has 0 aliphatic heterocycles. The van der Waals surface area contributed by atoms with Gasteiger partial charge in [-0.2, -0.15) is 0 Å². The number of hydrogen-bond donors (Lipinski definition) is 2. The van der Waals surface area contributed by atoms with Crippen LogP contribution >= 0.6 is 11.6 Å². The number of carbonyl (C=O) groups is 1. The van der Waals surface area contributed by atoms with Gasteiger partial charge < -0.3 is 9.84 Å². The number of carboxylic acid groups (broad SMARTS) is 1. The smallest absolute Gasteiger partial charge is 0.325 e. The Hall–Kier alpha value is -1.10. The molecule has 0 saturated heterocycles. The van der Waals surface area contributed by atoms with E-state index in [0.717, 1.165) is 0 Å². The minimum Gasteiger partial charge on any atom is -0.480 e. The summed E-state index contributed by atoms with van der Waals surface area (Å²) in [5, 5.41) is 12.5. The van der Waals surface area contributed by atoms with Gasteiger partial charge in [-0.15, -0.1) is 0 Å². The minimum absolute atomic E-state index is 0.463. The average Bonchev–Trinajstić information content (AvgIpc) is 2.24. The summed E-state index contributed by atoms with van der Waals surface area (Å²) in [5.74, 6) is -0.932. The molecule has 0 fully saturated rings. The first-order chi connectivity index (χ1) is 7.65. The molecule has 1 atom stereocenters. The fraction of sp³-hybridized carbons (Fsp3) is 0.364. The van der Waals surface area contributed by atoms with Crippen molar-refractivity contribution in [2.75, 3.05) is 20.3 Å². The molecule has 1 unspecified atom stereocenters. The van der Waals surface area contributed by atoms with Crippen molar-refractivity contribution in [1.29, 1.82) is 0 Å². The standard InChI is InChI=1S/C11H14ClNO3/c1-16-6-5-13-10(11(14)15)8-3-2-4-9(12)7-8/h2-4,7,10,13H,5-6H2,1H3,(H,14,15). The molecular formula is C11H14ClNO3. The molecule has 16 heavy (non-hydrogen) atoms. The number of hydrogen-bond acceptors (Lipinski definition) is 3. The van der Waals surface area contributed by atoms with Gasteiger partial charge in [-0.05, 0) is 17.7 Å². The van der Waals surface area contributed by atoms with Gasteiger partial charge >= 0.3 is 5.97 Å². The molecule has 0 aromatic heterocycles. The lowest BCUT2D eigenvalue weighted by Gasteiger charge is -2.14. The predicted molar refractivity (Wildman–Crippen MR) is 61.7 cm³/mol. The summed E-state index contributed by atoms with van der Waals surface area (Å²) >= 11 is 5.81. The number of aliphatic carboxylic acids is 1. The summed E-state index contributed by atoms with van der Waals surface area (Å²) in [6.07, 6.45) is 0. The third-order valence-electron chi connectivity index (χ3n) is 2.08. The third kappa shape index (κ3) is 3.81. The van der Waals surface area contributed by atoms with E-state index in [-0.39, 0.29) is 0 Å². The predicted octanol–water partition coefficient (Wildman–Crippen LogP) is 1.70. The van der Waals surface area contributed by atoms with Gasteiger partial charge in [0, 0.05) is 18.7 Å². The van der Waals surface area contributed by atoms with Crippen molar-refractivity contribution in [2.45, 2.75) is 6.04 Å². The van der Waals surface area contributed by atoms with E-state index in [4.69, 9.17) is 21.4 Å². The number of rotatable bonds is 6. The summed E-state index contributed by atoms with van der Waals surface area (Å²) in [5.41, 5.74) is 0.635. The normalized spacial score (nSPS) is 12.4. The Bertz CT molecular complexity index is 357. The zero-order chi connectivity index (χ0) is 12.0. The SMILES string of the molecule is COCCNC(C(=O)O)c1cccc(Cl)c1. The molecule has 4 nitrogen and oxygen atoms in total. The number of halogens is 1. The zero-order valence-electron chi connectivity index (χ0n) is 8.94. The molecule has 0 saturated carbocycles. The lowest BCUT2D eigenvalue weighted by atomic mass is 10.1. The Balaban J connectivity index is 2.73. The van der Waals surface area contributed by atoms with Crippen molar-refractivity contribution in [3.63, 3.8) is 0 Å². The van der Waals surface area contributed by atoms with Gasteiger partial charge in [-0.3, -0.25) is 10.1 Å². The van der Waals surface area contributed by atoms with E-state index < -0.39 is 12.0 Å². The maximum Gasteiger partial charge on any atom is 0.325 e. The molecule has 2 N–H and O–H groups in total. The van der Waals surface area contributed by atoms with E-state index in [9.17, 15) is 4.79 Å². The van der Waals surface area contributed by atoms with E-state index in [1.165, 1.54) is 0 Å². The number of ether oxygens (including phenoxy) is 1. The zero-order valence-corrected chi connectivity index (χ0v) is 9.70. The fourth-order valence-corrected chi connectivity index (χ4v) is 1.54. The second kappa shape index (κ2) is 6.48. The van der Waals surface area contributed by atoms with Crippen LogP contribution in [0.25, 0.3) is 0 Å². The molecule has 5 heteroatoms. The van der Waals surface area contributed by atoms with Gasteiger partial charge in [0.15, 0.2) is 0 Å². The van der Waals surface area contributed by atoms with Gasteiger partial charge in [0.1, 0.15) is 6.04 Å². The van der Waals surface area contributed by atoms with Gasteiger partial charge in [-0.25, -0.2) is 0 Å². The highest BCUT2D eigenvalue weighted by Gasteiger charge is 2.18. The van der Waals surface area contributed by atoms with Crippen molar-refractivity contribution in [3.05, 3.63) is 34.9 Å². The van der Waals surface area contributed by atoms with E-state index in [1.807, 2.05) is 0 Å². The Morgan fingerprint density at radius 1 is 1.62 bits per heavy atom. The van der Waals surface area contributed by atoms with Crippen LogP contribution < -0.4 is 5.32 Å². The molecule has 0 aliphatic carbocycles. The van der Waals surface area contributed by atoms with E-state index >= 15 is 0 Å². The van der Waals surface area contributed by atoms with Gasteiger partial charge in [0.2, 0.25) is 0 Å². The highest BCUT2D eigenvalue weighted by atomic mass is 35.5. The first-order valence-electron chi connectivity index (χ1n) is 4.85. The Morgan fingerprint density at radius 3 is 2.94 bits per heavy atom. The molecule has 1 aromatic carbocycles. The van der Waals surface area contributed by atoms with Crippen LogP contribution in [0.1, 0.15) is 11.6 Å². The molecule has 0 spiro atoms. The second-order valence-corrected chi connectivity index (χ2v) is 3.71. The lowest BCUT2D eigenvalue weighted by molar-refractivity contribution is -0.139. The summed E-state index contributed by atoms with van der Waals surface area (Å²) in [4.78, 5) is 11.1. The third-order valence-corrected chi connectivity index (χ3v) is 2.32. The number of nitrogens with one attached hydrogen (secondary N) is 1.